The quantitative estimate of drug-likeness (QED) is 0.282. The average molecular weight is 230 g/mol. The van der Waals surface area contributed by atoms with E-state index in [1.54, 1.807) is 0 Å². The van der Waals surface area contributed by atoms with Crippen LogP contribution in [0.5, 0.6) is 0 Å². The lowest BCUT2D eigenvalue weighted by atomic mass is 10.1. The third kappa shape index (κ3) is 6.97. The van der Waals surface area contributed by atoms with Crippen LogP contribution in [-0.2, 0) is 14.3 Å². The van der Waals surface area contributed by atoms with E-state index in [-0.39, 0.29) is 6.61 Å². The molecule has 16 heavy (non-hydrogen) atoms. The van der Waals surface area contributed by atoms with Crippen molar-refractivity contribution in [1.29, 1.82) is 0 Å². The first-order chi connectivity index (χ1) is 7.61. The Balaban J connectivity index is 3.77. The lowest BCUT2D eigenvalue weighted by Crippen LogP contribution is -2.34. The fraction of sp³-hybridized carbons (Fsp3) is 0.600. The summed E-state index contributed by atoms with van der Waals surface area (Å²) in [4.78, 5) is 22.1. The molecule has 0 aromatic heterocycles. The topological polar surface area (TPSA) is 105 Å². The van der Waals surface area contributed by atoms with E-state index in [0.29, 0.717) is 19.4 Å². The van der Waals surface area contributed by atoms with Crippen LogP contribution in [0.3, 0.4) is 0 Å². The second-order valence-electron chi connectivity index (χ2n) is 3.16. The number of hydrogen-bond acceptors (Lipinski definition) is 6. The summed E-state index contributed by atoms with van der Waals surface area (Å²) in [5.74, 6) is -0.786. The van der Waals surface area contributed by atoms with Gasteiger partial charge in [-0.25, -0.2) is 9.59 Å². The van der Waals surface area contributed by atoms with E-state index < -0.39 is 18.2 Å². The van der Waals surface area contributed by atoms with E-state index in [0.717, 1.165) is 6.42 Å². The standard InChI is InChI=1S/C10H18N2O4/c1-2-7-15-10(14)16-9(13)8(12)5-3-4-6-11/h2,8H,1,3-7,11-12H2/t8-/m0/s1. The first-order valence-corrected chi connectivity index (χ1v) is 5.06. The maximum atomic E-state index is 11.2. The second kappa shape index (κ2) is 8.87. The van der Waals surface area contributed by atoms with E-state index in [2.05, 4.69) is 16.1 Å². The highest BCUT2D eigenvalue weighted by Crippen LogP contribution is 2.00. The van der Waals surface area contributed by atoms with Crippen molar-refractivity contribution in [1.82, 2.24) is 0 Å². The predicted molar refractivity (Wildman–Crippen MR) is 58.5 cm³/mol. The van der Waals surface area contributed by atoms with Gasteiger partial charge >= 0.3 is 12.1 Å². The first-order valence-electron chi connectivity index (χ1n) is 5.06. The molecule has 0 aromatic carbocycles. The van der Waals surface area contributed by atoms with Gasteiger partial charge in [-0.15, -0.1) is 0 Å². The molecule has 6 heteroatoms. The number of rotatable bonds is 7. The minimum atomic E-state index is -1.06. The Hall–Kier alpha value is -1.40. The van der Waals surface area contributed by atoms with Crippen LogP contribution in [0, 0.1) is 0 Å². The zero-order chi connectivity index (χ0) is 12.4. The molecule has 0 saturated heterocycles. The largest absolute Gasteiger partial charge is 0.516 e. The zero-order valence-corrected chi connectivity index (χ0v) is 9.19. The summed E-state index contributed by atoms with van der Waals surface area (Å²) >= 11 is 0. The van der Waals surface area contributed by atoms with Crippen molar-refractivity contribution in [3.8, 4) is 0 Å². The maximum absolute atomic E-state index is 11.2. The minimum Gasteiger partial charge on any atom is -0.430 e. The lowest BCUT2D eigenvalue weighted by molar-refractivity contribution is -0.141. The molecule has 0 heterocycles. The fourth-order valence-corrected chi connectivity index (χ4v) is 0.941. The summed E-state index contributed by atoms with van der Waals surface area (Å²) in [6.07, 6.45) is 2.24. The van der Waals surface area contributed by atoms with Crippen LogP contribution in [0.15, 0.2) is 12.7 Å². The van der Waals surface area contributed by atoms with Crippen molar-refractivity contribution in [2.45, 2.75) is 25.3 Å². The van der Waals surface area contributed by atoms with Crippen LogP contribution in [0.2, 0.25) is 0 Å². The Labute approximate surface area is 94.6 Å². The molecular weight excluding hydrogens is 212 g/mol. The van der Waals surface area contributed by atoms with E-state index in [1.165, 1.54) is 6.08 Å². The van der Waals surface area contributed by atoms with Crippen LogP contribution >= 0.6 is 0 Å². The van der Waals surface area contributed by atoms with Crippen molar-refractivity contribution < 1.29 is 19.1 Å². The van der Waals surface area contributed by atoms with Gasteiger partial charge in [-0.2, -0.15) is 0 Å². The first kappa shape index (κ1) is 14.6. The van der Waals surface area contributed by atoms with Crippen LogP contribution in [0.4, 0.5) is 4.79 Å². The number of carbonyl (C=O) groups is 2. The number of esters is 1. The Morgan fingerprint density at radius 3 is 2.62 bits per heavy atom. The van der Waals surface area contributed by atoms with Gasteiger partial charge < -0.3 is 20.9 Å². The monoisotopic (exact) mass is 230 g/mol. The Kier molecular flexibility index (Phi) is 8.10. The molecule has 0 unspecified atom stereocenters. The van der Waals surface area contributed by atoms with Crippen LogP contribution in [0.25, 0.3) is 0 Å². The van der Waals surface area contributed by atoms with Gasteiger partial charge in [-0.3, -0.25) is 0 Å². The Morgan fingerprint density at radius 1 is 1.38 bits per heavy atom. The molecule has 0 aromatic rings. The molecule has 0 aliphatic carbocycles. The number of carbonyl (C=O) groups excluding carboxylic acids is 2. The van der Waals surface area contributed by atoms with Gasteiger partial charge in [0.15, 0.2) is 0 Å². The van der Waals surface area contributed by atoms with Gasteiger partial charge in [0.05, 0.1) is 0 Å². The third-order valence-corrected chi connectivity index (χ3v) is 1.77. The van der Waals surface area contributed by atoms with Crippen LogP contribution < -0.4 is 11.5 Å². The third-order valence-electron chi connectivity index (χ3n) is 1.77. The lowest BCUT2D eigenvalue weighted by Gasteiger charge is -2.09. The number of nitrogens with two attached hydrogens (primary N) is 2. The predicted octanol–water partition coefficient (Wildman–Crippen LogP) is 0.309. The molecule has 1 atom stereocenters. The zero-order valence-electron chi connectivity index (χ0n) is 9.19. The summed E-state index contributed by atoms with van der Waals surface area (Å²) in [6, 6.07) is -0.817. The summed E-state index contributed by atoms with van der Waals surface area (Å²) in [5, 5.41) is 0. The van der Waals surface area contributed by atoms with Gasteiger partial charge in [0, 0.05) is 0 Å². The van der Waals surface area contributed by atoms with Crippen LogP contribution in [0.1, 0.15) is 19.3 Å². The van der Waals surface area contributed by atoms with E-state index in [1.807, 2.05) is 0 Å². The summed E-state index contributed by atoms with van der Waals surface area (Å²) < 4.78 is 8.80. The number of unbranched alkanes of at least 4 members (excludes halogenated alkanes) is 1. The number of ether oxygens (including phenoxy) is 2. The van der Waals surface area contributed by atoms with E-state index in [9.17, 15) is 9.59 Å². The molecule has 4 N–H and O–H groups in total. The van der Waals surface area contributed by atoms with Gasteiger partial charge in [-0.05, 0) is 19.4 Å². The summed E-state index contributed by atoms with van der Waals surface area (Å²) in [5.41, 5.74) is 10.8. The molecule has 0 fully saturated rings. The van der Waals surface area contributed by atoms with Gasteiger partial charge in [0.25, 0.3) is 0 Å². The highest BCUT2D eigenvalue weighted by molar-refractivity contribution is 5.85. The highest BCUT2D eigenvalue weighted by atomic mass is 16.7. The fourth-order valence-electron chi connectivity index (χ4n) is 0.941. The molecule has 0 spiro atoms. The average Bonchev–Trinajstić information content (AvgIpc) is 2.26. The summed E-state index contributed by atoms with van der Waals surface area (Å²) in [7, 11) is 0. The second-order valence-corrected chi connectivity index (χ2v) is 3.16. The van der Waals surface area contributed by atoms with Gasteiger partial charge in [0.1, 0.15) is 12.6 Å². The number of hydrogen-bond donors (Lipinski definition) is 2. The molecule has 0 bridgehead atoms. The molecular formula is C10H18N2O4. The Bertz CT molecular complexity index is 243. The maximum Gasteiger partial charge on any atom is 0.516 e. The van der Waals surface area contributed by atoms with Crippen molar-refractivity contribution in [3.63, 3.8) is 0 Å². The SMILES string of the molecule is C=CCOC(=O)OC(=O)[C@@H](N)CCCCN. The molecule has 0 radical (unpaired) electrons. The van der Waals surface area contributed by atoms with Crippen molar-refractivity contribution in [2.75, 3.05) is 13.2 Å². The van der Waals surface area contributed by atoms with E-state index >= 15 is 0 Å². The molecule has 6 nitrogen and oxygen atoms in total. The Morgan fingerprint density at radius 2 is 2.06 bits per heavy atom. The molecule has 0 aliphatic rings. The van der Waals surface area contributed by atoms with Crippen LogP contribution in [-0.4, -0.2) is 31.3 Å². The molecule has 92 valence electrons. The molecule has 0 amide bonds. The normalized spacial score (nSPS) is 11.6. The molecule has 0 rings (SSSR count). The summed E-state index contributed by atoms with van der Waals surface area (Å²) in [6.45, 7) is 3.88. The van der Waals surface area contributed by atoms with Crippen molar-refractivity contribution in [2.24, 2.45) is 11.5 Å². The van der Waals surface area contributed by atoms with Crippen molar-refractivity contribution >= 4 is 12.1 Å². The van der Waals surface area contributed by atoms with Crippen molar-refractivity contribution in [3.05, 3.63) is 12.7 Å². The molecule has 0 aliphatic heterocycles. The van der Waals surface area contributed by atoms with Gasteiger partial charge in [0.2, 0.25) is 0 Å². The van der Waals surface area contributed by atoms with E-state index in [4.69, 9.17) is 11.5 Å². The van der Waals surface area contributed by atoms with Gasteiger partial charge in [-0.1, -0.05) is 19.1 Å². The minimum absolute atomic E-state index is 0.00543. The molecule has 0 saturated carbocycles. The smallest absolute Gasteiger partial charge is 0.430 e. The highest BCUT2D eigenvalue weighted by Gasteiger charge is 2.18.